The number of halogens is 2. The SMILES string of the molecule is CS(=O)(=O)c1cc2c(F)cccc2o1.CS(=O)(=O)c1cc2cc(F)ccc2o1.CS(=O)(=O)c1cc2ccccc2o1.CS(=O)(=O)c1cc2cnccc2o1. The number of rotatable bonds is 4. The highest BCUT2D eigenvalue weighted by Crippen LogP contribution is 2.26. The van der Waals surface area contributed by atoms with Crippen molar-refractivity contribution in [2.45, 2.75) is 20.4 Å². The summed E-state index contributed by atoms with van der Waals surface area (Å²) in [6, 6.07) is 22.4. The number of fused-ring (bicyclic) bond motifs is 4. The molecule has 3 aromatic carbocycles. The van der Waals surface area contributed by atoms with Crippen LogP contribution in [0.3, 0.4) is 0 Å². The predicted molar refractivity (Wildman–Crippen MR) is 195 cm³/mol. The lowest BCUT2D eigenvalue weighted by atomic mass is 10.2. The van der Waals surface area contributed by atoms with Gasteiger partial charge in [0.2, 0.25) is 59.7 Å². The first-order valence-electron chi connectivity index (χ1n) is 15.1. The summed E-state index contributed by atoms with van der Waals surface area (Å²) in [6.07, 6.45) is 7.41. The van der Waals surface area contributed by atoms with Crippen molar-refractivity contribution < 1.29 is 60.1 Å². The third-order valence-corrected chi connectivity index (χ3v) is 10.8. The Labute approximate surface area is 307 Å². The Morgan fingerprint density at radius 1 is 0.463 bits per heavy atom. The zero-order valence-corrected chi connectivity index (χ0v) is 31.8. The third kappa shape index (κ3) is 9.78. The van der Waals surface area contributed by atoms with Crippen LogP contribution >= 0.6 is 0 Å². The van der Waals surface area contributed by atoms with Crippen molar-refractivity contribution in [3.63, 3.8) is 0 Å². The molecule has 8 aromatic rings. The summed E-state index contributed by atoms with van der Waals surface area (Å²) in [6.45, 7) is 0. The van der Waals surface area contributed by atoms with E-state index in [2.05, 4.69) is 4.98 Å². The molecule has 0 atom stereocenters. The summed E-state index contributed by atoms with van der Waals surface area (Å²) < 4.78 is 135. The van der Waals surface area contributed by atoms with E-state index < -0.39 is 51.0 Å². The first kappa shape index (κ1) is 39.8. The van der Waals surface area contributed by atoms with Crippen LogP contribution in [0.15, 0.2) is 141 Å². The lowest BCUT2D eigenvalue weighted by Gasteiger charge is -1.88. The highest BCUT2D eigenvalue weighted by molar-refractivity contribution is 7.91. The molecule has 0 aliphatic heterocycles. The van der Waals surface area contributed by atoms with Gasteiger partial charge in [0.1, 0.15) is 34.0 Å². The van der Waals surface area contributed by atoms with Crippen molar-refractivity contribution in [1.82, 2.24) is 4.98 Å². The van der Waals surface area contributed by atoms with Gasteiger partial charge < -0.3 is 17.7 Å². The molecule has 0 fully saturated rings. The van der Waals surface area contributed by atoms with Gasteiger partial charge in [-0.25, -0.2) is 42.5 Å². The van der Waals surface area contributed by atoms with Gasteiger partial charge in [0, 0.05) is 77.8 Å². The van der Waals surface area contributed by atoms with Crippen LogP contribution in [0.2, 0.25) is 0 Å². The molecule has 0 amide bonds. The second-order valence-corrected chi connectivity index (χ2v) is 19.4. The molecular formula is C35H29F2NO12S4. The average molecular weight is 822 g/mol. The van der Waals surface area contributed by atoms with Crippen LogP contribution < -0.4 is 0 Å². The van der Waals surface area contributed by atoms with E-state index in [1.165, 1.54) is 60.7 Å². The fraction of sp³-hybridized carbons (Fsp3) is 0.114. The van der Waals surface area contributed by atoms with Crippen LogP contribution in [0.1, 0.15) is 0 Å². The second kappa shape index (κ2) is 15.2. The number of para-hydroxylation sites is 1. The second-order valence-electron chi connectivity index (χ2n) is 11.6. The van der Waals surface area contributed by atoms with E-state index in [-0.39, 0.29) is 31.3 Å². The van der Waals surface area contributed by atoms with Gasteiger partial charge in [-0.3, -0.25) is 4.98 Å². The van der Waals surface area contributed by atoms with Crippen molar-refractivity contribution in [1.29, 1.82) is 0 Å². The minimum Gasteiger partial charge on any atom is -0.445 e. The summed E-state index contributed by atoms with van der Waals surface area (Å²) in [5, 5.41) is 1.80. The molecule has 0 saturated carbocycles. The van der Waals surface area contributed by atoms with E-state index in [0.29, 0.717) is 27.5 Å². The average Bonchev–Trinajstić information content (AvgIpc) is 3.88. The van der Waals surface area contributed by atoms with Gasteiger partial charge >= 0.3 is 0 Å². The Morgan fingerprint density at radius 2 is 0.926 bits per heavy atom. The molecule has 5 aromatic heterocycles. The molecule has 0 radical (unpaired) electrons. The number of sulfone groups is 4. The lowest BCUT2D eigenvalue weighted by molar-refractivity contribution is 0.484. The molecule has 0 spiro atoms. The van der Waals surface area contributed by atoms with Gasteiger partial charge in [-0.2, -0.15) is 0 Å². The normalized spacial score (nSPS) is 12.1. The van der Waals surface area contributed by atoms with E-state index in [1.807, 2.05) is 12.1 Å². The first-order valence-corrected chi connectivity index (χ1v) is 22.7. The molecule has 13 nitrogen and oxygen atoms in total. The highest BCUT2D eigenvalue weighted by atomic mass is 32.2. The predicted octanol–water partition coefficient (Wildman–Crippen LogP) is 7.02. The molecule has 0 aliphatic carbocycles. The topological polar surface area (TPSA) is 202 Å². The first-order chi connectivity index (χ1) is 25.1. The van der Waals surface area contributed by atoms with E-state index in [1.54, 1.807) is 30.6 Å². The molecular weight excluding hydrogens is 793 g/mol. The fourth-order valence-corrected chi connectivity index (χ4v) is 6.86. The number of hydrogen-bond donors (Lipinski definition) is 0. The summed E-state index contributed by atoms with van der Waals surface area (Å²) in [5.41, 5.74) is 1.75. The van der Waals surface area contributed by atoms with E-state index >= 15 is 0 Å². The minimum atomic E-state index is -3.41. The van der Waals surface area contributed by atoms with Crippen molar-refractivity contribution in [2.75, 3.05) is 25.0 Å². The maximum atomic E-state index is 13.1. The monoisotopic (exact) mass is 821 g/mol. The van der Waals surface area contributed by atoms with Crippen molar-refractivity contribution in [3.8, 4) is 0 Å². The number of aromatic nitrogens is 1. The molecule has 284 valence electrons. The van der Waals surface area contributed by atoms with Gasteiger partial charge in [0.15, 0.2) is 0 Å². The van der Waals surface area contributed by atoms with E-state index in [9.17, 15) is 42.5 Å². The van der Waals surface area contributed by atoms with Crippen LogP contribution in [0, 0.1) is 11.6 Å². The third-order valence-electron chi connectivity index (χ3n) is 7.10. The number of pyridine rings is 1. The number of furan rings is 4. The van der Waals surface area contributed by atoms with Crippen molar-refractivity contribution in [2.24, 2.45) is 0 Å². The smallest absolute Gasteiger partial charge is 0.219 e. The summed E-state index contributed by atoms with van der Waals surface area (Å²) in [7, 11) is -13.3. The number of benzene rings is 3. The zero-order valence-electron chi connectivity index (χ0n) is 28.6. The van der Waals surface area contributed by atoms with Gasteiger partial charge in [-0.1, -0.05) is 24.3 Å². The Balaban J connectivity index is 0.000000139. The van der Waals surface area contributed by atoms with Gasteiger partial charge in [0.05, 0.1) is 5.39 Å². The largest absolute Gasteiger partial charge is 0.445 e. The summed E-state index contributed by atoms with van der Waals surface area (Å²) in [4.78, 5) is 3.85. The molecule has 54 heavy (non-hydrogen) atoms. The Hall–Kier alpha value is -5.37. The highest BCUT2D eigenvalue weighted by Gasteiger charge is 2.17. The molecule has 0 unspecified atom stereocenters. The van der Waals surface area contributed by atoms with Crippen LogP contribution in [0.5, 0.6) is 0 Å². The van der Waals surface area contributed by atoms with E-state index in [0.717, 1.165) is 30.4 Å². The zero-order chi connectivity index (χ0) is 39.6. The van der Waals surface area contributed by atoms with Crippen LogP contribution in [0.25, 0.3) is 43.9 Å². The molecule has 8 rings (SSSR count). The molecule has 19 heteroatoms. The summed E-state index contributed by atoms with van der Waals surface area (Å²) in [5.74, 6) is -0.903. The van der Waals surface area contributed by atoms with Crippen molar-refractivity contribution >= 4 is 83.2 Å². The maximum Gasteiger partial charge on any atom is 0.219 e. The van der Waals surface area contributed by atoms with Crippen LogP contribution in [-0.4, -0.2) is 63.7 Å². The molecule has 0 N–H and O–H groups in total. The molecule has 0 bridgehead atoms. The van der Waals surface area contributed by atoms with Gasteiger partial charge in [0.25, 0.3) is 0 Å². The quantitative estimate of drug-likeness (QED) is 0.175. The van der Waals surface area contributed by atoms with E-state index in [4.69, 9.17) is 17.7 Å². The number of hydrogen-bond acceptors (Lipinski definition) is 13. The van der Waals surface area contributed by atoms with Crippen molar-refractivity contribution in [3.05, 3.63) is 115 Å². The van der Waals surface area contributed by atoms with Gasteiger partial charge in [-0.05, 0) is 42.5 Å². The van der Waals surface area contributed by atoms with Crippen LogP contribution in [-0.2, 0) is 39.3 Å². The number of nitrogens with zero attached hydrogens (tertiary/aromatic N) is 1. The fourth-order valence-electron chi connectivity index (χ4n) is 4.54. The Kier molecular flexibility index (Phi) is 11.2. The minimum absolute atomic E-state index is 0.0181. The Morgan fingerprint density at radius 3 is 1.46 bits per heavy atom. The Bertz CT molecular complexity index is 2920. The molecule has 0 saturated heterocycles. The maximum absolute atomic E-state index is 13.1. The summed E-state index contributed by atoms with van der Waals surface area (Å²) >= 11 is 0. The van der Waals surface area contributed by atoms with Gasteiger partial charge in [-0.15, -0.1) is 0 Å². The lowest BCUT2D eigenvalue weighted by Crippen LogP contribution is -1.93. The van der Waals surface area contributed by atoms with Crippen LogP contribution in [0.4, 0.5) is 8.78 Å². The molecule has 0 aliphatic rings. The molecule has 5 heterocycles. The standard InChI is InChI=1S/2C9H7FO3S.C9H8O3S.C8H7NO3S/c1-14(11,12)9-5-6-4-7(10)2-3-8(6)13-9;1-14(11,12)9-5-6-7(10)3-2-4-8(6)13-9;1-13(10,11)9-6-7-4-2-3-5-8(7)12-9;1-13(10,11)8-4-6-5-9-3-2-7(6)12-8/h2*2-5H,1H3;2-6H,1H3;2-5H,1H3.